The second-order valence-corrected chi connectivity index (χ2v) is 3.82. The molecule has 0 aromatic carbocycles. The zero-order chi connectivity index (χ0) is 13.7. The van der Waals surface area contributed by atoms with Crippen molar-refractivity contribution in [1.29, 1.82) is 0 Å². The Morgan fingerprint density at radius 1 is 1.47 bits per heavy atom. The van der Waals surface area contributed by atoms with Gasteiger partial charge in [0.25, 0.3) is 0 Å². The van der Waals surface area contributed by atoms with Crippen LogP contribution >= 0.6 is 0 Å². The third-order valence-corrected chi connectivity index (χ3v) is 2.36. The molecule has 2 N–H and O–H groups in total. The number of nitrogens with zero attached hydrogens (tertiary/aromatic N) is 4. The summed E-state index contributed by atoms with van der Waals surface area (Å²) in [6.07, 6.45) is 2.14. The molecule has 2 rings (SSSR count). The molecule has 2 aromatic rings. The van der Waals surface area contributed by atoms with Crippen LogP contribution in [-0.4, -0.2) is 44.8 Å². The molecule has 0 aliphatic heterocycles. The van der Waals surface area contributed by atoms with Gasteiger partial charge in [-0.15, -0.1) is 0 Å². The number of rotatable bonds is 5. The van der Waals surface area contributed by atoms with E-state index in [1.807, 2.05) is 0 Å². The van der Waals surface area contributed by atoms with Gasteiger partial charge in [-0.25, -0.2) is 19.7 Å². The van der Waals surface area contributed by atoms with Gasteiger partial charge in [0.2, 0.25) is 5.82 Å². The average Bonchev–Trinajstić information content (AvgIpc) is 2.90. The fraction of sp³-hybridized carbons (Fsp3) is 0.364. The molecule has 19 heavy (non-hydrogen) atoms. The van der Waals surface area contributed by atoms with Crippen molar-refractivity contribution in [3.63, 3.8) is 0 Å². The first kappa shape index (κ1) is 12.9. The van der Waals surface area contributed by atoms with Gasteiger partial charge < -0.3 is 10.1 Å². The van der Waals surface area contributed by atoms with Gasteiger partial charge in [0.15, 0.2) is 0 Å². The number of aryl methyl sites for hydroxylation is 1. The zero-order valence-corrected chi connectivity index (χ0v) is 10.7. The van der Waals surface area contributed by atoms with Gasteiger partial charge in [0, 0.05) is 24.7 Å². The van der Waals surface area contributed by atoms with Crippen LogP contribution in [0.2, 0.25) is 0 Å². The normalized spacial score (nSPS) is 10.2. The predicted molar refractivity (Wildman–Crippen MR) is 66.7 cm³/mol. The SMILES string of the molecule is COC(=O)c1nc(C)cc(NCCc2ncn[nH]2)n1. The summed E-state index contributed by atoms with van der Waals surface area (Å²) in [5.74, 6) is 0.852. The molecule has 8 heteroatoms. The molecule has 0 spiro atoms. The predicted octanol–water partition coefficient (Wildman–Crippen LogP) is 0.344. The maximum atomic E-state index is 11.4. The molecule has 2 heterocycles. The number of carbonyl (C=O) groups excluding carboxylic acids is 1. The molecule has 0 fully saturated rings. The zero-order valence-electron chi connectivity index (χ0n) is 10.7. The van der Waals surface area contributed by atoms with Crippen molar-refractivity contribution in [1.82, 2.24) is 25.1 Å². The van der Waals surface area contributed by atoms with Crippen molar-refractivity contribution < 1.29 is 9.53 Å². The minimum Gasteiger partial charge on any atom is -0.463 e. The molecular formula is C11H14N6O2. The molecule has 2 aromatic heterocycles. The summed E-state index contributed by atoms with van der Waals surface area (Å²) in [5, 5.41) is 9.62. The van der Waals surface area contributed by atoms with E-state index in [1.54, 1.807) is 13.0 Å². The number of aromatic amines is 1. The first-order valence-electron chi connectivity index (χ1n) is 5.71. The molecule has 0 atom stereocenters. The minimum atomic E-state index is -0.554. The van der Waals surface area contributed by atoms with Crippen molar-refractivity contribution in [2.75, 3.05) is 19.0 Å². The van der Waals surface area contributed by atoms with E-state index in [9.17, 15) is 4.79 Å². The summed E-state index contributed by atoms with van der Waals surface area (Å²) in [5.41, 5.74) is 0.692. The van der Waals surface area contributed by atoms with Gasteiger partial charge in [-0.3, -0.25) is 5.10 Å². The monoisotopic (exact) mass is 262 g/mol. The fourth-order valence-corrected chi connectivity index (χ4v) is 1.50. The van der Waals surface area contributed by atoms with E-state index in [2.05, 4.69) is 35.2 Å². The lowest BCUT2D eigenvalue weighted by molar-refractivity contribution is 0.0586. The highest BCUT2D eigenvalue weighted by Gasteiger charge is 2.11. The van der Waals surface area contributed by atoms with E-state index in [4.69, 9.17) is 0 Å². The van der Waals surface area contributed by atoms with Crippen molar-refractivity contribution in [2.45, 2.75) is 13.3 Å². The van der Waals surface area contributed by atoms with E-state index in [0.29, 0.717) is 24.5 Å². The highest BCUT2D eigenvalue weighted by atomic mass is 16.5. The van der Waals surface area contributed by atoms with Crippen LogP contribution in [0.25, 0.3) is 0 Å². The van der Waals surface area contributed by atoms with Crippen LogP contribution in [0.4, 0.5) is 5.82 Å². The first-order valence-corrected chi connectivity index (χ1v) is 5.71. The Kier molecular flexibility index (Phi) is 4.01. The Morgan fingerprint density at radius 3 is 3.00 bits per heavy atom. The number of hydrogen-bond donors (Lipinski definition) is 2. The van der Waals surface area contributed by atoms with Crippen molar-refractivity contribution >= 4 is 11.8 Å². The molecule has 0 aliphatic carbocycles. The summed E-state index contributed by atoms with van der Waals surface area (Å²) in [7, 11) is 1.30. The Bertz CT molecular complexity index is 554. The van der Waals surface area contributed by atoms with Gasteiger partial charge in [0.05, 0.1) is 7.11 Å². The fourth-order valence-electron chi connectivity index (χ4n) is 1.50. The van der Waals surface area contributed by atoms with E-state index in [-0.39, 0.29) is 5.82 Å². The van der Waals surface area contributed by atoms with Crippen LogP contribution in [0.5, 0.6) is 0 Å². The highest BCUT2D eigenvalue weighted by Crippen LogP contribution is 2.07. The van der Waals surface area contributed by atoms with Gasteiger partial charge in [-0.05, 0) is 6.92 Å². The van der Waals surface area contributed by atoms with Crippen LogP contribution in [0.15, 0.2) is 12.4 Å². The van der Waals surface area contributed by atoms with Crippen molar-refractivity contribution in [3.8, 4) is 0 Å². The second-order valence-electron chi connectivity index (χ2n) is 3.82. The summed E-state index contributed by atoms with van der Waals surface area (Å²) < 4.78 is 4.59. The number of H-pyrrole nitrogens is 1. The molecule has 0 aliphatic rings. The number of nitrogens with one attached hydrogen (secondary N) is 2. The van der Waals surface area contributed by atoms with E-state index in [1.165, 1.54) is 13.4 Å². The molecule has 0 unspecified atom stereocenters. The summed E-state index contributed by atoms with van der Waals surface area (Å²) in [6.45, 7) is 2.40. The maximum absolute atomic E-state index is 11.4. The quantitative estimate of drug-likeness (QED) is 0.748. The van der Waals surface area contributed by atoms with Crippen LogP contribution < -0.4 is 5.32 Å². The molecule has 0 radical (unpaired) electrons. The van der Waals surface area contributed by atoms with Crippen LogP contribution in [-0.2, 0) is 11.2 Å². The molecule has 100 valence electrons. The third-order valence-electron chi connectivity index (χ3n) is 2.36. The van der Waals surface area contributed by atoms with Crippen LogP contribution in [0.3, 0.4) is 0 Å². The van der Waals surface area contributed by atoms with Gasteiger partial charge >= 0.3 is 5.97 Å². The average molecular weight is 262 g/mol. The lowest BCUT2D eigenvalue weighted by Crippen LogP contribution is -2.13. The van der Waals surface area contributed by atoms with E-state index >= 15 is 0 Å². The Morgan fingerprint density at radius 2 is 2.32 bits per heavy atom. The van der Waals surface area contributed by atoms with Crippen LogP contribution in [0.1, 0.15) is 22.1 Å². The topological polar surface area (TPSA) is 106 Å². The van der Waals surface area contributed by atoms with Crippen molar-refractivity contribution in [3.05, 3.63) is 29.7 Å². The molecule has 0 bridgehead atoms. The number of carbonyl (C=O) groups is 1. The van der Waals surface area contributed by atoms with Crippen LogP contribution in [0, 0.1) is 6.92 Å². The third kappa shape index (κ3) is 3.47. The first-order chi connectivity index (χ1) is 9.19. The van der Waals surface area contributed by atoms with E-state index in [0.717, 1.165) is 5.82 Å². The number of esters is 1. The minimum absolute atomic E-state index is 0.0460. The Balaban J connectivity index is 1.99. The number of methoxy groups -OCH3 is 1. The highest BCUT2D eigenvalue weighted by molar-refractivity contribution is 5.85. The molecular weight excluding hydrogens is 248 g/mol. The lowest BCUT2D eigenvalue weighted by Gasteiger charge is -2.06. The summed E-state index contributed by atoms with van der Waals surface area (Å²) in [6, 6.07) is 1.76. The number of hydrogen-bond acceptors (Lipinski definition) is 7. The van der Waals surface area contributed by atoms with Gasteiger partial charge in [-0.2, -0.15) is 5.10 Å². The molecule has 0 amide bonds. The van der Waals surface area contributed by atoms with E-state index < -0.39 is 5.97 Å². The summed E-state index contributed by atoms with van der Waals surface area (Å²) >= 11 is 0. The largest absolute Gasteiger partial charge is 0.463 e. The maximum Gasteiger partial charge on any atom is 0.376 e. The number of aromatic nitrogens is 5. The molecule has 0 saturated heterocycles. The Hall–Kier alpha value is -2.51. The number of ether oxygens (including phenoxy) is 1. The van der Waals surface area contributed by atoms with Crippen molar-refractivity contribution in [2.24, 2.45) is 0 Å². The lowest BCUT2D eigenvalue weighted by atomic mass is 10.3. The summed E-state index contributed by atoms with van der Waals surface area (Å²) in [4.78, 5) is 23.5. The number of anilines is 1. The smallest absolute Gasteiger partial charge is 0.376 e. The molecule has 8 nitrogen and oxygen atoms in total. The second kappa shape index (κ2) is 5.89. The molecule has 0 saturated carbocycles. The Labute approximate surface area is 109 Å². The van der Waals surface area contributed by atoms with Gasteiger partial charge in [0.1, 0.15) is 18.0 Å². The van der Waals surface area contributed by atoms with Gasteiger partial charge in [-0.1, -0.05) is 0 Å². The standard InChI is InChI=1S/C11H14N6O2/c1-7-5-9(16-10(15-7)11(18)19-2)12-4-3-8-13-6-14-17-8/h5-6H,3-4H2,1-2H3,(H,12,15,16)(H,13,14,17).